The number of carbonyl (C=O) groups is 1. The van der Waals surface area contributed by atoms with E-state index in [1.54, 1.807) is 14.1 Å². The minimum absolute atomic E-state index is 0.0663. The zero-order chi connectivity index (χ0) is 11.0. The van der Waals surface area contributed by atoms with Crippen LogP contribution in [-0.2, 0) is 4.74 Å². The molecule has 83 valence electrons. The van der Waals surface area contributed by atoms with Gasteiger partial charge < -0.3 is 9.64 Å². The van der Waals surface area contributed by atoms with E-state index in [4.69, 9.17) is 4.74 Å². The van der Waals surface area contributed by atoms with E-state index in [0.29, 0.717) is 0 Å². The Morgan fingerprint density at radius 2 is 2.07 bits per heavy atom. The Labute approximate surface area is 87.4 Å². The van der Waals surface area contributed by atoms with E-state index in [9.17, 15) is 4.79 Å². The number of carbonyl (C=O) groups excluding carboxylic acids is 1. The molecule has 0 aromatic carbocycles. The zero-order valence-corrected chi connectivity index (χ0v) is 9.58. The van der Waals surface area contributed by atoms with E-state index < -0.39 is 0 Å². The molecule has 3 heteroatoms. The molecule has 1 radical (unpaired) electrons. The molecule has 0 aliphatic rings. The van der Waals surface area contributed by atoms with Crippen molar-refractivity contribution in [2.75, 3.05) is 14.1 Å². The Morgan fingerprint density at radius 1 is 1.43 bits per heavy atom. The molecule has 0 aromatic heterocycles. The number of hydrogen-bond acceptors (Lipinski definition) is 2. The second kappa shape index (κ2) is 7.65. The number of ether oxygens (including phenoxy) is 1. The molecular formula is C11H22NO2. The molecule has 0 aromatic rings. The molecule has 0 N–H and O–H groups in total. The van der Waals surface area contributed by atoms with Gasteiger partial charge >= 0.3 is 6.09 Å². The first-order valence-corrected chi connectivity index (χ1v) is 5.29. The van der Waals surface area contributed by atoms with Crippen molar-refractivity contribution >= 4 is 6.09 Å². The van der Waals surface area contributed by atoms with Crippen molar-refractivity contribution in [3.8, 4) is 0 Å². The second-order valence-corrected chi connectivity index (χ2v) is 3.68. The van der Waals surface area contributed by atoms with E-state index in [0.717, 1.165) is 32.1 Å². The van der Waals surface area contributed by atoms with Crippen LogP contribution in [0.3, 0.4) is 0 Å². The van der Waals surface area contributed by atoms with Crippen LogP contribution >= 0.6 is 0 Å². The molecule has 0 saturated carbocycles. The first-order chi connectivity index (χ1) is 6.61. The molecule has 14 heavy (non-hydrogen) atoms. The summed E-state index contributed by atoms with van der Waals surface area (Å²) in [6.07, 6.45) is 4.66. The lowest BCUT2D eigenvalue weighted by atomic mass is 10.1. The SMILES string of the molecule is [CH2]CCCC(CCC)OC(=O)N(C)C. The smallest absolute Gasteiger partial charge is 0.409 e. The van der Waals surface area contributed by atoms with Crippen LogP contribution in [0.1, 0.15) is 39.0 Å². The summed E-state index contributed by atoms with van der Waals surface area (Å²) < 4.78 is 5.31. The molecule has 0 bridgehead atoms. The summed E-state index contributed by atoms with van der Waals surface area (Å²) >= 11 is 0. The van der Waals surface area contributed by atoms with Crippen molar-refractivity contribution < 1.29 is 9.53 Å². The van der Waals surface area contributed by atoms with Gasteiger partial charge in [0.25, 0.3) is 0 Å². The third-order valence-electron chi connectivity index (χ3n) is 2.02. The van der Waals surface area contributed by atoms with Crippen molar-refractivity contribution in [1.29, 1.82) is 0 Å². The van der Waals surface area contributed by atoms with Crippen molar-refractivity contribution in [2.45, 2.75) is 45.1 Å². The molecule has 0 rings (SSSR count). The fraction of sp³-hybridized carbons (Fsp3) is 0.818. The van der Waals surface area contributed by atoms with E-state index >= 15 is 0 Å². The molecule has 0 heterocycles. The summed E-state index contributed by atoms with van der Waals surface area (Å²) in [6.45, 7) is 5.88. The molecule has 3 nitrogen and oxygen atoms in total. The van der Waals surface area contributed by atoms with Crippen LogP contribution in [-0.4, -0.2) is 31.2 Å². The maximum Gasteiger partial charge on any atom is 0.409 e. The van der Waals surface area contributed by atoms with Gasteiger partial charge in [-0.2, -0.15) is 0 Å². The maximum absolute atomic E-state index is 11.3. The zero-order valence-electron chi connectivity index (χ0n) is 9.58. The molecule has 0 aliphatic heterocycles. The fourth-order valence-corrected chi connectivity index (χ4v) is 1.20. The average Bonchev–Trinajstić information content (AvgIpc) is 2.14. The molecule has 0 aliphatic carbocycles. The number of hydrogen-bond donors (Lipinski definition) is 0. The van der Waals surface area contributed by atoms with Gasteiger partial charge in [0.1, 0.15) is 6.10 Å². The molecule has 0 saturated heterocycles. The minimum Gasteiger partial charge on any atom is -0.446 e. The number of nitrogens with zero attached hydrogens (tertiary/aromatic N) is 1. The van der Waals surface area contributed by atoms with Crippen molar-refractivity contribution in [3.05, 3.63) is 6.92 Å². The normalized spacial score (nSPS) is 12.3. The molecule has 1 unspecified atom stereocenters. The van der Waals surface area contributed by atoms with Gasteiger partial charge in [-0.3, -0.25) is 0 Å². The number of rotatable bonds is 6. The minimum atomic E-state index is -0.243. The van der Waals surface area contributed by atoms with E-state index in [2.05, 4.69) is 13.8 Å². The highest BCUT2D eigenvalue weighted by molar-refractivity contribution is 5.66. The Morgan fingerprint density at radius 3 is 2.50 bits per heavy atom. The fourth-order valence-electron chi connectivity index (χ4n) is 1.20. The first kappa shape index (κ1) is 13.3. The molecular weight excluding hydrogens is 178 g/mol. The standard InChI is InChI=1S/C11H22NO2/c1-5-7-9-10(8-6-2)14-11(13)12(3)4/h10H,1,5-9H2,2-4H3. The molecule has 1 atom stereocenters. The maximum atomic E-state index is 11.3. The summed E-state index contributed by atoms with van der Waals surface area (Å²) in [5.41, 5.74) is 0. The van der Waals surface area contributed by atoms with Gasteiger partial charge in [0, 0.05) is 14.1 Å². The van der Waals surface area contributed by atoms with Gasteiger partial charge in [0.15, 0.2) is 0 Å². The van der Waals surface area contributed by atoms with Crippen LogP contribution in [0.25, 0.3) is 0 Å². The summed E-state index contributed by atoms with van der Waals surface area (Å²) in [7, 11) is 3.40. The third kappa shape index (κ3) is 5.84. The topological polar surface area (TPSA) is 29.5 Å². The summed E-state index contributed by atoms with van der Waals surface area (Å²) in [5.74, 6) is 0. The van der Waals surface area contributed by atoms with E-state index in [1.165, 1.54) is 4.90 Å². The Hall–Kier alpha value is -0.730. The van der Waals surface area contributed by atoms with Gasteiger partial charge in [-0.25, -0.2) is 4.79 Å². The van der Waals surface area contributed by atoms with E-state index in [-0.39, 0.29) is 12.2 Å². The molecule has 0 fully saturated rings. The van der Waals surface area contributed by atoms with Gasteiger partial charge in [-0.15, -0.1) is 0 Å². The highest BCUT2D eigenvalue weighted by Gasteiger charge is 2.13. The highest BCUT2D eigenvalue weighted by Crippen LogP contribution is 2.11. The average molecular weight is 200 g/mol. The van der Waals surface area contributed by atoms with Crippen LogP contribution in [0.5, 0.6) is 0 Å². The monoisotopic (exact) mass is 200 g/mol. The first-order valence-electron chi connectivity index (χ1n) is 5.29. The summed E-state index contributed by atoms with van der Waals surface area (Å²) in [6, 6.07) is 0. The lowest BCUT2D eigenvalue weighted by Gasteiger charge is -2.19. The van der Waals surface area contributed by atoms with Crippen LogP contribution in [0.2, 0.25) is 0 Å². The summed E-state index contributed by atoms with van der Waals surface area (Å²) in [5, 5.41) is 0. The van der Waals surface area contributed by atoms with Crippen LogP contribution < -0.4 is 0 Å². The van der Waals surface area contributed by atoms with Gasteiger partial charge in [0.05, 0.1) is 0 Å². The van der Waals surface area contributed by atoms with Gasteiger partial charge in [0.2, 0.25) is 0 Å². The van der Waals surface area contributed by atoms with Gasteiger partial charge in [-0.05, 0) is 19.3 Å². The number of amides is 1. The summed E-state index contributed by atoms with van der Waals surface area (Å²) in [4.78, 5) is 12.7. The second-order valence-electron chi connectivity index (χ2n) is 3.68. The van der Waals surface area contributed by atoms with Crippen molar-refractivity contribution in [2.24, 2.45) is 0 Å². The quantitative estimate of drug-likeness (QED) is 0.659. The Kier molecular flexibility index (Phi) is 7.25. The van der Waals surface area contributed by atoms with Crippen LogP contribution in [0.15, 0.2) is 0 Å². The molecule has 0 spiro atoms. The van der Waals surface area contributed by atoms with Crippen LogP contribution in [0, 0.1) is 6.92 Å². The Bertz CT molecular complexity index is 157. The molecule has 1 amide bonds. The number of unbranched alkanes of at least 4 members (excludes halogenated alkanes) is 1. The highest BCUT2D eigenvalue weighted by atomic mass is 16.6. The lowest BCUT2D eigenvalue weighted by Crippen LogP contribution is -2.28. The largest absolute Gasteiger partial charge is 0.446 e. The van der Waals surface area contributed by atoms with Crippen molar-refractivity contribution in [3.63, 3.8) is 0 Å². The lowest BCUT2D eigenvalue weighted by molar-refractivity contribution is 0.0648. The van der Waals surface area contributed by atoms with Crippen molar-refractivity contribution in [1.82, 2.24) is 4.90 Å². The van der Waals surface area contributed by atoms with E-state index in [1.807, 2.05) is 0 Å². The predicted octanol–water partition coefficient (Wildman–Crippen LogP) is 2.86. The van der Waals surface area contributed by atoms with Gasteiger partial charge in [-0.1, -0.05) is 26.7 Å². The van der Waals surface area contributed by atoms with Crippen LogP contribution in [0.4, 0.5) is 4.79 Å². The Balaban J connectivity index is 3.88. The predicted molar refractivity (Wildman–Crippen MR) is 58.1 cm³/mol. The third-order valence-corrected chi connectivity index (χ3v) is 2.02.